The molecule has 1 aliphatic heterocycles. The van der Waals surface area contributed by atoms with Gasteiger partial charge in [-0.15, -0.1) is 0 Å². The first kappa shape index (κ1) is 17.4. The van der Waals surface area contributed by atoms with Crippen LogP contribution >= 0.6 is 11.6 Å². The fraction of sp³-hybridized carbons (Fsp3) is 0.500. The minimum Gasteiger partial charge on any atom is -0.486 e. The van der Waals surface area contributed by atoms with Crippen molar-refractivity contribution in [2.75, 3.05) is 20.3 Å². The molecule has 0 aliphatic carbocycles. The van der Waals surface area contributed by atoms with Gasteiger partial charge in [-0.25, -0.2) is 0 Å². The monoisotopic (exact) mass is 340 g/mol. The smallest absolute Gasteiger partial charge is 0.252 e. The van der Waals surface area contributed by atoms with Crippen molar-refractivity contribution in [2.24, 2.45) is 5.92 Å². The number of fused-ring (bicyclic) bond motifs is 1. The second kappa shape index (κ2) is 7.55. The molecule has 6 nitrogen and oxygen atoms in total. The first-order valence-electron chi connectivity index (χ1n) is 7.54. The lowest BCUT2D eigenvalue weighted by Gasteiger charge is -2.22. The third kappa shape index (κ3) is 4.28. The Morgan fingerprint density at radius 3 is 2.61 bits per heavy atom. The van der Waals surface area contributed by atoms with E-state index in [2.05, 4.69) is 10.6 Å². The van der Waals surface area contributed by atoms with E-state index in [0.29, 0.717) is 41.7 Å². The van der Waals surface area contributed by atoms with Crippen molar-refractivity contribution in [3.8, 4) is 11.5 Å². The highest BCUT2D eigenvalue weighted by Crippen LogP contribution is 2.38. The van der Waals surface area contributed by atoms with Crippen LogP contribution in [0.5, 0.6) is 11.5 Å². The van der Waals surface area contributed by atoms with Crippen LogP contribution in [0.3, 0.4) is 0 Å². The molecule has 0 radical (unpaired) electrons. The van der Waals surface area contributed by atoms with Crippen molar-refractivity contribution in [2.45, 2.75) is 26.3 Å². The summed E-state index contributed by atoms with van der Waals surface area (Å²) in [6.07, 6.45) is 0.545. The number of benzene rings is 1. The Kier molecular flexibility index (Phi) is 5.71. The maximum atomic E-state index is 12.4. The molecule has 1 atom stereocenters. The Morgan fingerprint density at radius 1 is 1.26 bits per heavy atom. The van der Waals surface area contributed by atoms with Gasteiger partial charge in [0.05, 0.1) is 5.02 Å². The van der Waals surface area contributed by atoms with Crippen LogP contribution in [0, 0.1) is 5.92 Å². The summed E-state index contributed by atoms with van der Waals surface area (Å²) in [5, 5.41) is 5.62. The van der Waals surface area contributed by atoms with Gasteiger partial charge in [0.1, 0.15) is 19.3 Å². The average molecular weight is 341 g/mol. The van der Waals surface area contributed by atoms with E-state index in [-0.39, 0.29) is 17.7 Å². The summed E-state index contributed by atoms with van der Waals surface area (Å²) in [6.45, 7) is 4.81. The molecule has 0 saturated carbocycles. The molecular weight excluding hydrogens is 320 g/mol. The Bertz CT molecular complexity index is 604. The molecule has 0 spiro atoms. The van der Waals surface area contributed by atoms with Crippen molar-refractivity contribution in [1.29, 1.82) is 0 Å². The molecule has 2 rings (SSSR count). The summed E-state index contributed by atoms with van der Waals surface area (Å²) in [5.41, 5.74) is 0.330. The summed E-state index contributed by atoms with van der Waals surface area (Å²) in [6, 6.07) is 2.49. The van der Waals surface area contributed by atoms with Gasteiger partial charge in [0, 0.05) is 12.6 Å². The Labute approximate surface area is 140 Å². The molecule has 2 N–H and O–H groups in total. The van der Waals surface area contributed by atoms with Gasteiger partial charge in [0.25, 0.3) is 5.91 Å². The van der Waals surface area contributed by atoms with Gasteiger partial charge >= 0.3 is 0 Å². The number of likely N-dealkylation sites (N-methyl/N-ethyl adjacent to an activating group) is 1. The summed E-state index contributed by atoms with van der Waals surface area (Å²) in [7, 11) is 1.54. The highest BCUT2D eigenvalue weighted by Gasteiger charge is 2.24. The molecule has 7 heteroatoms. The van der Waals surface area contributed by atoms with Gasteiger partial charge in [0.15, 0.2) is 11.5 Å². The summed E-state index contributed by atoms with van der Waals surface area (Å²) in [5.74, 6) is 0.545. The molecule has 0 aromatic heterocycles. The topological polar surface area (TPSA) is 76.7 Å². The third-order valence-electron chi connectivity index (χ3n) is 3.43. The largest absolute Gasteiger partial charge is 0.486 e. The predicted octanol–water partition coefficient (Wildman–Crippen LogP) is 2.00. The van der Waals surface area contributed by atoms with E-state index in [1.54, 1.807) is 13.1 Å². The molecule has 2 amide bonds. The second-order valence-corrected chi connectivity index (χ2v) is 6.16. The van der Waals surface area contributed by atoms with E-state index in [0.717, 1.165) is 0 Å². The molecule has 0 unspecified atom stereocenters. The van der Waals surface area contributed by atoms with E-state index in [1.165, 1.54) is 6.07 Å². The van der Waals surface area contributed by atoms with Crippen LogP contribution in [0.4, 0.5) is 0 Å². The molecule has 1 aliphatic rings. The van der Waals surface area contributed by atoms with Crippen LogP contribution in [0.1, 0.15) is 30.6 Å². The van der Waals surface area contributed by atoms with E-state index in [1.807, 2.05) is 13.8 Å². The van der Waals surface area contributed by atoms with Crippen LogP contribution in [0.25, 0.3) is 0 Å². The molecule has 0 saturated heterocycles. The van der Waals surface area contributed by atoms with Crippen LogP contribution < -0.4 is 20.1 Å². The standard InChI is InChI=1S/C16H21ClN2O4/c1-9(2)6-12(16(21)18-3)19-15(20)10-7-11(17)14-13(8-10)22-4-5-23-14/h7-9,12H,4-6H2,1-3H3,(H,18,21)(H,19,20)/t12-/m1/s1. The molecule has 0 fully saturated rings. The fourth-order valence-corrected chi connectivity index (χ4v) is 2.63. The minimum atomic E-state index is -0.598. The zero-order chi connectivity index (χ0) is 17.0. The normalized spacial score (nSPS) is 14.3. The van der Waals surface area contributed by atoms with E-state index >= 15 is 0 Å². The molecule has 0 bridgehead atoms. The number of hydrogen-bond donors (Lipinski definition) is 2. The van der Waals surface area contributed by atoms with Crippen LogP contribution in [0.15, 0.2) is 12.1 Å². The lowest BCUT2D eigenvalue weighted by atomic mass is 10.0. The summed E-state index contributed by atoms with van der Waals surface area (Å²) in [4.78, 5) is 24.4. The number of hydrogen-bond acceptors (Lipinski definition) is 4. The van der Waals surface area contributed by atoms with Gasteiger partial charge in [-0.1, -0.05) is 25.4 Å². The van der Waals surface area contributed by atoms with Crippen molar-refractivity contribution in [3.63, 3.8) is 0 Å². The fourth-order valence-electron chi connectivity index (χ4n) is 2.36. The molecular formula is C16H21ClN2O4. The maximum absolute atomic E-state index is 12.4. The van der Waals surface area contributed by atoms with Crippen molar-refractivity contribution in [3.05, 3.63) is 22.7 Å². The van der Waals surface area contributed by atoms with Gasteiger partial charge in [0.2, 0.25) is 5.91 Å². The maximum Gasteiger partial charge on any atom is 0.252 e. The van der Waals surface area contributed by atoms with E-state index in [9.17, 15) is 9.59 Å². The van der Waals surface area contributed by atoms with Crippen LogP contribution in [0.2, 0.25) is 5.02 Å². The number of carbonyl (C=O) groups is 2. The number of carbonyl (C=O) groups excluding carboxylic acids is 2. The number of amides is 2. The SMILES string of the molecule is CNC(=O)[C@@H](CC(C)C)NC(=O)c1cc(Cl)c2c(c1)OCCO2. The minimum absolute atomic E-state index is 0.226. The van der Waals surface area contributed by atoms with Crippen LogP contribution in [-0.4, -0.2) is 38.1 Å². The highest BCUT2D eigenvalue weighted by molar-refractivity contribution is 6.32. The van der Waals surface area contributed by atoms with Crippen molar-refractivity contribution in [1.82, 2.24) is 10.6 Å². The predicted molar refractivity (Wildman–Crippen MR) is 87.2 cm³/mol. The second-order valence-electron chi connectivity index (χ2n) is 5.75. The number of ether oxygens (including phenoxy) is 2. The summed E-state index contributed by atoms with van der Waals surface area (Å²) >= 11 is 6.14. The third-order valence-corrected chi connectivity index (χ3v) is 3.72. The lowest BCUT2D eigenvalue weighted by molar-refractivity contribution is -0.122. The Morgan fingerprint density at radius 2 is 1.96 bits per heavy atom. The zero-order valence-corrected chi connectivity index (χ0v) is 14.2. The Hall–Kier alpha value is -1.95. The van der Waals surface area contributed by atoms with Gasteiger partial charge in [-0.2, -0.15) is 0 Å². The molecule has 1 aromatic carbocycles. The van der Waals surface area contributed by atoms with E-state index < -0.39 is 6.04 Å². The number of halogens is 1. The van der Waals surface area contributed by atoms with Crippen molar-refractivity contribution < 1.29 is 19.1 Å². The number of rotatable bonds is 5. The number of nitrogens with one attached hydrogen (secondary N) is 2. The highest BCUT2D eigenvalue weighted by atomic mass is 35.5. The molecule has 1 aromatic rings. The quantitative estimate of drug-likeness (QED) is 0.859. The van der Waals surface area contributed by atoms with E-state index in [4.69, 9.17) is 21.1 Å². The summed E-state index contributed by atoms with van der Waals surface area (Å²) < 4.78 is 10.9. The lowest BCUT2D eigenvalue weighted by Crippen LogP contribution is -2.46. The average Bonchev–Trinajstić information content (AvgIpc) is 2.53. The Balaban J connectivity index is 2.18. The van der Waals surface area contributed by atoms with Gasteiger partial charge < -0.3 is 20.1 Å². The van der Waals surface area contributed by atoms with Crippen molar-refractivity contribution >= 4 is 23.4 Å². The first-order chi connectivity index (χ1) is 10.9. The molecule has 1 heterocycles. The van der Waals surface area contributed by atoms with Crippen LogP contribution in [-0.2, 0) is 4.79 Å². The zero-order valence-electron chi connectivity index (χ0n) is 13.4. The van der Waals surface area contributed by atoms with Gasteiger partial charge in [-0.05, 0) is 24.5 Å². The van der Waals surface area contributed by atoms with Gasteiger partial charge in [-0.3, -0.25) is 9.59 Å². The molecule has 23 heavy (non-hydrogen) atoms. The first-order valence-corrected chi connectivity index (χ1v) is 7.91. The molecule has 126 valence electrons.